The number of rotatable bonds is 6. The van der Waals surface area contributed by atoms with Gasteiger partial charge in [-0.1, -0.05) is 38.0 Å². The van der Waals surface area contributed by atoms with Crippen molar-refractivity contribution in [3.8, 4) is 0 Å². The summed E-state index contributed by atoms with van der Waals surface area (Å²) >= 11 is 0. The molecule has 1 amide bonds. The lowest BCUT2D eigenvalue weighted by Crippen LogP contribution is -2.25. The highest BCUT2D eigenvalue weighted by Gasteiger charge is 2.12. The van der Waals surface area contributed by atoms with Gasteiger partial charge in [0.2, 0.25) is 0 Å². The highest BCUT2D eigenvalue weighted by molar-refractivity contribution is 6.06. The summed E-state index contributed by atoms with van der Waals surface area (Å²) in [6.45, 7) is 2.83. The van der Waals surface area contributed by atoms with E-state index in [0.29, 0.717) is 17.9 Å². The van der Waals surface area contributed by atoms with E-state index >= 15 is 0 Å². The Morgan fingerprint density at radius 2 is 2.10 bits per heavy atom. The van der Waals surface area contributed by atoms with Crippen LogP contribution in [0.5, 0.6) is 0 Å². The second kappa shape index (κ2) is 6.86. The molecule has 1 heterocycles. The maximum atomic E-state index is 12.3. The molecule has 0 fully saturated rings. The number of anilines is 1. The van der Waals surface area contributed by atoms with Gasteiger partial charge in [-0.2, -0.15) is 0 Å². The average molecular weight is 272 g/mol. The van der Waals surface area contributed by atoms with E-state index in [2.05, 4.69) is 22.7 Å². The van der Waals surface area contributed by atoms with Crippen molar-refractivity contribution in [1.82, 2.24) is 10.3 Å². The molecule has 1 aromatic carbocycles. The van der Waals surface area contributed by atoms with Gasteiger partial charge in [0.25, 0.3) is 5.91 Å². The zero-order chi connectivity index (χ0) is 14.4. The number of hydrazine groups is 1. The van der Waals surface area contributed by atoms with Gasteiger partial charge in [-0.3, -0.25) is 4.79 Å². The molecule has 5 nitrogen and oxygen atoms in total. The molecule has 0 aliphatic rings. The number of nitrogens with zero attached hydrogens (tertiary/aromatic N) is 1. The number of carbonyl (C=O) groups is 1. The van der Waals surface area contributed by atoms with Crippen LogP contribution in [-0.2, 0) is 0 Å². The summed E-state index contributed by atoms with van der Waals surface area (Å²) in [4.78, 5) is 16.6. The SMILES string of the molecule is CCCCCNC(=O)c1cc(NN)nc2ccccc12. The smallest absolute Gasteiger partial charge is 0.252 e. The van der Waals surface area contributed by atoms with Crippen LogP contribution in [0.15, 0.2) is 30.3 Å². The number of hydrogen-bond donors (Lipinski definition) is 3. The van der Waals surface area contributed by atoms with E-state index in [1.54, 1.807) is 6.07 Å². The van der Waals surface area contributed by atoms with E-state index in [-0.39, 0.29) is 5.91 Å². The molecule has 0 bridgehead atoms. The summed E-state index contributed by atoms with van der Waals surface area (Å²) in [6, 6.07) is 9.22. The van der Waals surface area contributed by atoms with Crippen LogP contribution in [0, 0.1) is 0 Å². The molecular formula is C15H20N4O. The Morgan fingerprint density at radius 3 is 2.85 bits per heavy atom. The summed E-state index contributed by atoms with van der Waals surface area (Å²) in [6.07, 6.45) is 3.25. The van der Waals surface area contributed by atoms with Crippen molar-refractivity contribution in [2.24, 2.45) is 5.84 Å². The van der Waals surface area contributed by atoms with Crippen molar-refractivity contribution < 1.29 is 4.79 Å². The normalized spacial score (nSPS) is 10.5. The monoisotopic (exact) mass is 272 g/mol. The Morgan fingerprint density at radius 1 is 1.30 bits per heavy atom. The second-order valence-corrected chi connectivity index (χ2v) is 4.68. The summed E-state index contributed by atoms with van der Waals surface area (Å²) in [5.41, 5.74) is 3.85. The molecule has 0 saturated carbocycles. The molecular weight excluding hydrogens is 252 g/mol. The minimum absolute atomic E-state index is 0.0868. The summed E-state index contributed by atoms with van der Waals surface area (Å²) in [5, 5.41) is 3.77. The number of amides is 1. The number of nitrogens with two attached hydrogens (primary N) is 1. The molecule has 20 heavy (non-hydrogen) atoms. The van der Waals surface area contributed by atoms with Crippen LogP contribution in [0.25, 0.3) is 10.9 Å². The third-order valence-corrected chi connectivity index (χ3v) is 3.17. The number of para-hydroxylation sites is 1. The number of carbonyl (C=O) groups excluding carboxylic acids is 1. The number of aromatic nitrogens is 1. The van der Waals surface area contributed by atoms with Gasteiger partial charge in [-0.25, -0.2) is 10.8 Å². The molecule has 0 unspecified atom stereocenters. The van der Waals surface area contributed by atoms with Crippen LogP contribution in [0.3, 0.4) is 0 Å². The van der Waals surface area contributed by atoms with Crippen LogP contribution < -0.4 is 16.6 Å². The maximum Gasteiger partial charge on any atom is 0.252 e. The molecule has 106 valence electrons. The first-order chi connectivity index (χ1) is 9.76. The third-order valence-electron chi connectivity index (χ3n) is 3.17. The lowest BCUT2D eigenvalue weighted by atomic mass is 10.1. The highest BCUT2D eigenvalue weighted by Crippen LogP contribution is 2.20. The van der Waals surface area contributed by atoms with Gasteiger partial charge in [0.15, 0.2) is 0 Å². The first-order valence-corrected chi connectivity index (χ1v) is 6.91. The largest absolute Gasteiger partial charge is 0.352 e. The Labute approximate surface area is 118 Å². The predicted octanol–water partition coefficient (Wildman–Crippen LogP) is 2.44. The Bertz CT molecular complexity index is 597. The molecule has 2 aromatic rings. The van der Waals surface area contributed by atoms with Crippen LogP contribution >= 0.6 is 0 Å². The number of fused-ring (bicyclic) bond motifs is 1. The Balaban J connectivity index is 2.25. The van der Waals surface area contributed by atoms with Gasteiger partial charge in [0, 0.05) is 11.9 Å². The van der Waals surface area contributed by atoms with Crippen molar-refractivity contribution in [2.45, 2.75) is 26.2 Å². The summed E-state index contributed by atoms with van der Waals surface area (Å²) in [5.74, 6) is 5.81. The number of benzene rings is 1. The Kier molecular flexibility index (Phi) is 4.90. The highest BCUT2D eigenvalue weighted by atomic mass is 16.1. The topological polar surface area (TPSA) is 80.0 Å². The first kappa shape index (κ1) is 14.3. The van der Waals surface area contributed by atoms with E-state index < -0.39 is 0 Å². The number of nitrogen functional groups attached to an aromatic ring is 1. The molecule has 2 rings (SSSR count). The third kappa shape index (κ3) is 3.24. The predicted molar refractivity (Wildman–Crippen MR) is 81.4 cm³/mol. The molecule has 5 heteroatoms. The molecule has 0 saturated heterocycles. The average Bonchev–Trinajstić information content (AvgIpc) is 2.50. The van der Waals surface area contributed by atoms with Crippen LogP contribution in [0.2, 0.25) is 0 Å². The zero-order valence-corrected chi connectivity index (χ0v) is 11.6. The minimum atomic E-state index is -0.0868. The van der Waals surface area contributed by atoms with Crippen molar-refractivity contribution in [3.63, 3.8) is 0 Å². The van der Waals surface area contributed by atoms with E-state index in [4.69, 9.17) is 5.84 Å². The second-order valence-electron chi connectivity index (χ2n) is 4.68. The maximum absolute atomic E-state index is 12.3. The number of pyridine rings is 1. The van der Waals surface area contributed by atoms with E-state index in [9.17, 15) is 4.79 Å². The minimum Gasteiger partial charge on any atom is -0.352 e. The van der Waals surface area contributed by atoms with Crippen molar-refractivity contribution in [2.75, 3.05) is 12.0 Å². The van der Waals surface area contributed by atoms with Gasteiger partial charge in [0.05, 0.1) is 11.1 Å². The molecule has 0 radical (unpaired) electrons. The number of hydrogen-bond acceptors (Lipinski definition) is 4. The van der Waals surface area contributed by atoms with E-state index in [1.165, 1.54) is 0 Å². The van der Waals surface area contributed by atoms with Crippen LogP contribution in [0.1, 0.15) is 36.5 Å². The van der Waals surface area contributed by atoms with Crippen molar-refractivity contribution >= 4 is 22.6 Å². The molecule has 0 aliphatic heterocycles. The number of nitrogens with one attached hydrogen (secondary N) is 2. The van der Waals surface area contributed by atoms with Crippen molar-refractivity contribution in [3.05, 3.63) is 35.9 Å². The van der Waals surface area contributed by atoms with E-state index in [1.807, 2.05) is 24.3 Å². The van der Waals surface area contributed by atoms with Gasteiger partial charge in [-0.05, 0) is 18.6 Å². The lowest BCUT2D eigenvalue weighted by molar-refractivity contribution is 0.0954. The quantitative estimate of drug-likeness (QED) is 0.428. The molecule has 0 spiro atoms. The fourth-order valence-electron chi connectivity index (χ4n) is 2.11. The van der Waals surface area contributed by atoms with Gasteiger partial charge in [0.1, 0.15) is 5.82 Å². The first-order valence-electron chi connectivity index (χ1n) is 6.91. The number of unbranched alkanes of at least 4 members (excludes halogenated alkanes) is 2. The van der Waals surface area contributed by atoms with Gasteiger partial charge in [-0.15, -0.1) is 0 Å². The van der Waals surface area contributed by atoms with Gasteiger partial charge < -0.3 is 10.7 Å². The standard InChI is InChI=1S/C15H20N4O/c1-2-3-6-9-17-15(20)12-10-14(19-16)18-13-8-5-4-7-11(12)13/h4-5,7-8,10H,2-3,6,9,16H2,1H3,(H,17,20)(H,18,19). The fourth-order valence-corrected chi connectivity index (χ4v) is 2.11. The molecule has 0 atom stereocenters. The zero-order valence-electron chi connectivity index (χ0n) is 11.6. The van der Waals surface area contributed by atoms with Gasteiger partial charge >= 0.3 is 0 Å². The fraction of sp³-hybridized carbons (Fsp3) is 0.333. The molecule has 0 aliphatic carbocycles. The lowest BCUT2D eigenvalue weighted by Gasteiger charge is -2.09. The summed E-state index contributed by atoms with van der Waals surface area (Å²) in [7, 11) is 0. The van der Waals surface area contributed by atoms with Crippen LogP contribution in [0.4, 0.5) is 5.82 Å². The summed E-state index contributed by atoms with van der Waals surface area (Å²) < 4.78 is 0. The molecule has 4 N–H and O–H groups in total. The van der Waals surface area contributed by atoms with E-state index in [0.717, 1.165) is 30.2 Å². The Hall–Kier alpha value is -2.14. The van der Waals surface area contributed by atoms with Crippen molar-refractivity contribution in [1.29, 1.82) is 0 Å². The van der Waals surface area contributed by atoms with Crippen LogP contribution in [-0.4, -0.2) is 17.4 Å². The molecule has 1 aromatic heterocycles.